The van der Waals surface area contributed by atoms with Crippen molar-refractivity contribution in [1.29, 1.82) is 0 Å². The van der Waals surface area contributed by atoms with Gasteiger partial charge < -0.3 is 14.1 Å². The maximum atomic E-state index is 12.1. The Morgan fingerprint density at radius 3 is 2.89 bits per heavy atom. The summed E-state index contributed by atoms with van der Waals surface area (Å²) in [4.78, 5) is 26.1. The molecule has 2 rings (SSSR count). The summed E-state index contributed by atoms with van der Waals surface area (Å²) in [5.74, 6) is -0.252. The summed E-state index contributed by atoms with van der Waals surface area (Å²) in [7, 11) is 2.83. The Morgan fingerprint density at radius 1 is 1.58 bits per heavy atom. The van der Waals surface area contributed by atoms with Crippen molar-refractivity contribution in [3.05, 3.63) is 29.9 Å². The minimum Gasteiger partial charge on any atom is -0.468 e. The normalized spacial score (nSPS) is 17.5. The van der Waals surface area contributed by atoms with E-state index >= 15 is 0 Å². The molecule has 1 fully saturated rings. The smallest absolute Gasteiger partial charge is 0.325 e. The van der Waals surface area contributed by atoms with Gasteiger partial charge >= 0.3 is 5.97 Å². The number of thiocarbonyl (C=S) groups is 1. The van der Waals surface area contributed by atoms with Crippen molar-refractivity contribution in [2.24, 2.45) is 0 Å². The Morgan fingerprint density at radius 2 is 2.32 bits per heavy atom. The lowest BCUT2D eigenvalue weighted by atomic mass is 10.3. The van der Waals surface area contributed by atoms with Crippen LogP contribution in [0.1, 0.15) is 5.76 Å². The van der Waals surface area contributed by atoms with E-state index in [1.54, 1.807) is 25.3 Å². The Labute approximate surface area is 115 Å². The number of methoxy groups -OCH3 is 1. The first kappa shape index (κ1) is 13.3. The summed E-state index contributed by atoms with van der Waals surface area (Å²) in [5.41, 5.74) is 0.285. The van der Waals surface area contributed by atoms with Crippen LogP contribution in [0.4, 0.5) is 0 Å². The lowest BCUT2D eigenvalue weighted by molar-refractivity contribution is -0.140. The van der Waals surface area contributed by atoms with Crippen LogP contribution in [-0.2, 0) is 14.3 Å². The minimum absolute atomic E-state index is 0.113. The van der Waals surface area contributed by atoms with Crippen molar-refractivity contribution >= 4 is 35.3 Å². The second-order valence-corrected chi connectivity index (χ2v) is 4.22. The van der Waals surface area contributed by atoms with Crippen LogP contribution in [-0.4, -0.2) is 47.5 Å². The number of amides is 1. The second kappa shape index (κ2) is 5.23. The topological polar surface area (TPSA) is 63.0 Å². The van der Waals surface area contributed by atoms with Gasteiger partial charge in [0.15, 0.2) is 5.11 Å². The molecule has 6 nitrogen and oxygen atoms in total. The molecule has 0 N–H and O–H groups in total. The van der Waals surface area contributed by atoms with Crippen molar-refractivity contribution in [3.8, 4) is 0 Å². The number of nitrogens with zero attached hydrogens (tertiary/aromatic N) is 2. The molecule has 1 aliphatic rings. The summed E-state index contributed by atoms with van der Waals surface area (Å²) >= 11 is 5.13. The summed E-state index contributed by atoms with van der Waals surface area (Å²) in [6.07, 6.45) is 3.04. The predicted molar refractivity (Wildman–Crippen MR) is 70.8 cm³/mol. The minimum atomic E-state index is -0.476. The Hall–Kier alpha value is -2.15. The number of hydrogen-bond acceptors (Lipinski definition) is 5. The molecule has 2 heterocycles. The maximum Gasteiger partial charge on any atom is 0.325 e. The highest BCUT2D eigenvalue weighted by atomic mass is 32.1. The zero-order valence-electron chi connectivity index (χ0n) is 10.5. The first-order valence-corrected chi connectivity index (χ1v) is 5.87. The molecule has 1 saturated heterocycles. The Kier molecular flexibility index (Phi) is 3.66. The molecule has 0 radical (unpaired) electrons. The molecule has 0 saturated carbocycles. The standard InChI is InChI=1S/C12H12N2O4S/c1-13-11(16)9(6-8-4-3-5-18-8)14(12(13)19)7-10(15)17-2/h3-6H,7H2,1-2H3. The maximum absolute atomic E-state index is 12.1. The highest BCUT2D eigenvalue weighted by Gasteiger charge is 2.36. The molecule has 0 unspecified atom stereocenters. The summed E-state index contributed by atoms with van der Waals surface area (Å²) in [6, 6.07) is 3.41. The fraction of sp³-hybridized carbons (Fsp3) is 0.250. The van der Waals surface area contributed by atoms with Gasteiger partial charge in [0, 0.05) is 13.1 Å². The number of hydrogen-bond donors (Lipinski definition) is 0. The second-order valence-electron chi connectivity index (χ2n) is 3.85. The van der Waals surface area contributed by atoms with E-state index in [2.05, 4.69) is 4.74 Å². The number of likely N-dealkylation sites (N-methyl/N-ethyl adjacent to an activating group) is 1. The number of esters is 1. The van der Waals surface area contributed by atoms with Crippen LogP contribution in [0, 0.1) is 0 Å². The van der Waals surface area contributed by atoms with Crippen molar-refractivity contribution in [2.45, 2.75) is 0 Å². The molecule has 1 aromatic rings. The monoisotopic (exact) mass is 280 g/mol. The first-order valence-electron chi connectivity index (χ1n) is 5.46. The molecule has 1 aliphatic heterocycles. The third-order valence-electron chi connectivity index (χ3n) is 2.67. The molecule has 100 valence electrons. The van der Waals surface area contributed by atoms with Gasteiger partial charge in [-0.15, -0.1) is 0 Å². The van der Waals surface area contributed by atoms with E-state index in [9.17, 15) is 9.59 Å². The quantitative estimate of drug-likeness (QED) is 0.465. The number of furan rings is 1. The van der Waals surface area contributed by atoms with Gasteiger partial charge in [-0.2, -0.15) is 0 Å². The fourth-order valence-electron chi connectivity index (χ4n) is 1.65. The van der Waals surface area contributed by atoms with Crippen LogP contribution in [0.2, 0.25) is 0 Å². The molecule has 1 amide bonds. The molecule has 7 heteroatoms. The van der Waals surface area contributed by atoms with E-state index in [4.69, 9.17) is 16.6 Å². The fourth-order valence-corrected chi connectivity index (χ4v) is 1.90. The zero-order valence-corrected chi connectivity index (χ0v) is 11.3. The average Bonchev–Trinajstić information content (AvgIpc) is 2.98. The average molecular weight is 280 g/mol. The zero-order chi connectivity index (χ0) is 14.0. The third-order valence-corrected chi connectivity index (χ3v) is 3.16. The van der Waals surface area contributed by atoms with Crippen LogP contribution in [0.25, 0.3) is 6.08 Å². The van der Waals surface area contributed by atoms with Crippen LogP contribution in [0.3, 0.4) is 0 Å². The molecule has 0 aromatic carbocycles. The van der Waals surface area contributed by atoms with Crippen molar-refractivity contribution in [2.75, 3.05) is 20.7 Å². The molecule has 1 aromatic heterocycles. The van der Waals surface area contributed by atoms with Gasteiger partial charge in [0.1, 0.15) is 18.0 Å². The van der Waals surface area contributed by atoms with Crippen molar-refractivity contribution < 1.29 is 18.7 Å². The van der Waals surface area contributed by atoms with E-state index in [0.29, 0.717) is 5.76 Å². The van der Waals surface area contributed by atoms with Gasteiger partial charge in [-0.3, -0.25) is 14.5 Å². The van der Waals surface area contributed by atoms with Gasteiger partial charge in [0.05, 0.1) is 13.4 Å². The Balaban J connectivity index is 2.34. The van der Waals surface area contributed by atoms with E-state index < -0.39 is 5.97 Å². The molecule has 0 spiro atoms. The van der Waals surface area contributed by atoms with Gasteiger partial charge in [-0.25, -0.2) is 0 Å². The summed E-state index contributed by atoms with van der Waals surface area (Å²) < 4.78 is 9.75. The summed E-state index contributed by atoms with van der Waals surface area (Å²) in [6.45, 7) is -0.113. The molecular weight excluding hydrogens is 268 g/mol. The largest absolute Gasteiger partial charge is 0.468 e. The lowest BCUT2D eigenvalue weighted by Gasteiger charge is -2.16. The molecular formula is C12H12N2O4S. The van der Waals surface area contributed by atoms with Gasteiger partial charge in [-0.05, 0) is 24.4 Å². The van der Waals surface area contributed by atoms with Crippen molar-refractivity contribution in [3.63, 3.8) is 0 Å². The van der Waals surface area contributed by atoms with Gasteiger partial charge in [0.25, 0.3) is 5.91 Å². The van der Waals surface area contributed by atoms with Crippen LogP contribution >= 0.6 is 12.2 Å². The van der Waals surface area contributed by atoms with E-state index in [0.717, 1.165) is 0 Å². The third kappa shape index (κ3) is 2.50. The molecule has 19 heavy (non-hydrogen) atoms. The van der Waals surface area contributed by atoms with Gasteiger partial charge in [-0.1, -0.05) is 0 Å². The highest BCUT2D eigenvalue weighted by Crippen LogP contribution is 2.22. The van der Waals surface area contributed by atoms with E-state index in [-0.39, 0.29) is 23.3 Å². The highest BCUT2D eigenvalue weighted by molar-refractivity contribution is 7.80. The molecule has 0 bridgehead atoms. The molecule has 0 aliphatic carbocycles. The van der Waals surface area contributed by atoms with Crippen LogP contribution in [0.15, 0.2) is 28.5 Å². The van der Waals surface area contributed by atoms with Crippen LogP contribution < -0.4 is 0 Å². The van der Waals surface area contributed by atoms with Gasteiger partial charge in [0.2, 0.25) is 0 Å². The Bertz CT molecular complexity index is 550. The molecule has 0 atom stereocenters. The number of carbonyl (C=O) groups excluding carboxylic acids is 2. The number of carbonyl (C=O) groups is 2. The number of ether oxygens (including phenoxy) is 1. The first-order chi connectivity index (χ1) is 9.04. The summed E-state index contributed by atoms with van der Waals surface area (Å²) in [5, 5.41) is 0.258. The van der Waals surface area contributed by atoms with Crippen molar-refractivity contribution in [1.82, 2.24) is 9.80 Å². The van der Waals surface area contributed by atoms with Crippen LogP contribution in [0.5, 0.6) is 0 Å². The predicted octanol–water partition coefficient (Wildman–Crippen LogP) is 0.852. The van der Waals surface area contributed by atoms with E-state index in [1.807, 2.05) is 0 Å². The van der Waals surface area contributed by atoms with E-state index in [1.165, 1.54) is 23.2 Å². The SMILES string of the molecule is COC(=O)CN1C(=S)N(C)C(=O)C1=Cc1ccco1. The lowest BCUT2D eigenvalue weighted by Crippen LogP contribution is -2.33. The number of rotatable bonds is 3.